The predicted octanol–water partition coefficient (Wildman–Crippen LogP) is 2.92. The summed E-state index contributed by atoms with van der Waals surface area (Å²) in [6.45, 7) is 2.18. The van der Waals surface area contributed by atoms with E-state index in [4.69, 9.17) is 0 Å². The molecule has 4 heterocycles. The van der Waals surface area contributed by atoms with Crippen molar-refractivity contribution in [2.24, 2.45) is 7.05 Å². The van der Waals surface area contributed by atoms with E-state index < -0.39 is 0 Å². The first kappa shape index (κ1) is 14.1. The molecule has 23 heavy (non-hydrogen) atoms. The summed E-state index contributed by atoms with van der Waals surface area (Å²) in [5.74, 6) is 1.04. The highest BCUT2D eigenvalue weighted by Gasteiger charge is 2.13. The smallest absolute Gasteiger partial charge is 0.274 e. The van der Waals surface area contributed by atoms with Crippen molar-refractivity contribution >= 4 is 16.7 Å². The highest BCUT2D eigenvalue weighted by molar-refractivity contribution is 5.94. The van der Waals surface area contributed by atoms with Gasteiger partial charge in [-0.2, -0.15) is 0 Å². The molecule has 0 unspecified atom stereocenters. The van der Waals surface area contributed by atoms with Crippen molar-refractivity contribution < 1.29 is 0 Å². The van der Waals surface area contributed by atoms with Crippen molar-refractivity contribution in [2.45, 2.75) is 19.3 Å². The molecular formula is C18H20N4O. The highest BCUT2D eigenvalue weighted by atomic mass is 16.1. The minimum absolute atomic E-state index is 0.00774. The van der Waals surface area contributed by atoms with Gasteiger partial charge in [0.1, 0.15) is 11.3 Å². The summed E-state index contributed by atoms with van der Waals surface area (Å²) in [7, 11) is 1.78. The van der Waals surface area contributed by atoms with Crippen molar-refractivity contribution in [1.82, 2.24) is 14.5 Å². The van der Waals surface area contributed by atoms with Crippen LogP contribution in [0.2, 0.25) is 0 Å². The summed E-state index contributed by atoms with van der Waals surface area (Å²) >= 11 is 0. The Balaban J connectivity index is 1.75. The average Bonchev–Trinajstić information content (AvgIpc) is 3.09. The Morgan fingerprint density at radius 1 is 1.13 bits per heavy atom. The molecular weight excluding hydrogens is 288 g/mol. The molecule has 1 aliphatic rings. The van der Waals surface area contributed by atoms with Gasteiger partial charge < -0.3 is 14.5 Å². The second-order valence-electron chi connectivity index (χ2n) is 6.18. The van der Waals surface area contributed by atoms with Crippen LogP contribution in [0.25, 0.3) is 22.0 Å². The van der Waals surface area contributed by atoms with E-state index >= 15 is 0 Å². The number of aromatic amines is 1. The standard InChI is InChI=1S/C18H20N4O/c1-21-12-15(14-7-8-19-17(14)18(21)23)13-5-6-16(20-11-13)22-9-3-2-4-10-22/h5-8,11-12,19H,2-4,9-10H2,1H3. The lowest BCUT2D eigenvalue weighted by Gasteiger charge is -2.27. The van der Waals surface area contributed by atoms with Crippen LogP contribution in [0.1, 0.15) is 19.3 Å². The lowest BCUT2D eigenvalue weighted by atomic mass is 10.1. The molecule has 5 heteroatoms. The zero-order valence-corrected chi connectivity index (χ0v) is 13.2. The molecule has 0 amide bonds. The van der Waals surface area contributed by atoms with Gasteiger partial charge in [-0.3, -0.25) is 4.79 Å². The molecule has 3 aromatic rings. The Morgan fingerprint density at radius 3 is 2.70 bits per heavy atom. The van der Waals surface area contributed by atoms with E-state index in [1.54, 1.807) is 11.6 Å². The Morgan fingerprint density at radius 2 is 1.96 bits per heavy atom. The number of aryl methyl sites for hydroxylation is 1. The third kappa shape index (κ3) is 2.42. The van der Waals surface area contributed by atoms with E-state index in [0.717, 1.165) is 35.4 Å². The molecule has 1 N–H and O–H groups in total. The number of aromatic nitrogens is 3. The monoisotopic (exact) mass is 308 g/mol. The van der Waals surface area contributed by atoms with Crippen molar-refractivity contribution in [2.75, 3.05) is 18.0 Å². The number of nitrogens with one attached hydrogen (secondary N) is 1. The summed E-state index contributed by atoms with van der Waals surface area (Å²) < 4.78 is 1.62. The SMILES string of the molecule is Cn1cc(-c2ccc(N3CCCCC3)nc2)c2cc[nH]c2c1=O. The lowest BCUT2D eigenvalue weighted by molar-refractivity contribution is 0.573. The van der Waals surface area contributed by atoms with Crippen LogP contribution < -0.4 is 10.5 Å². The number of hydrogen-bond acceptors (Lipinski definition) is 3. The third-order valence-electron chi connectivity index (χ3n) is 4.63. The fourth-order valence-electron chi connectivity index (χ4n) is 3.35. The number of rotatable bonds is 2. The molecule has 3 aromatic heterocycles. The first-order valence-electron chi connectivity index (χ1n) is 8.12. The normalized spacial score (nSPS) is 15.3. The van der Waals surface area contributed by atoms with Gasteiger partial charge in [-0.05, 0) is 37.5 Å². The van der Waals surface area contributed by atoms with Crippen LogP contribution in [0.15, 0.2) is 41.6 Å². The lowest BCUT2D eigenvalue weighted by Crippen LogP contribution is -2.29. The van der Waals surface area contributed by atoms with Gasteiger partial charge >= 0.3 is 0 Å². The number of pyridine rings is 2. The van der Waals surface area contributed by atoms with E-state index in [0.29, 0.717) is 5.52 Å². The van der Waals surface area contributed by atoms with Gasteiger partial charge in [-0.25, -0.2) is 4.98 Å². The maximum atomic E-state index is 12.1. The quantitative estimate of drug-likeness (QED) is 0.792. The first-order valence-corrected chi connectivity index (χ1v) is 8.12. The van der Waals surface area contributed by atoms with Crippen LogP contribution >= 0.6 is 0 Å². The Labute approximate surface area is 134 Å². The van der Waals surface area contributed by atoms with Gasteiger partial charge in [0.15, 0.2) is 0 Å². The molecule has 1 aliphatic heterocycles. The van der Waals surface area contributed by atoms with Crippen LogP contribution in [0.4, 0.5) is 5.82 Å². The Hall–Kier alpha value is -2.56. The van der Waals surface area contributed by atoms with Crippen LogP contribution in [-0.4, -0.2) is 27.6 Å². The maximum absolute atomic E-state index is 12.1. The molecule has 118 valence electrons. The summed E-state index contributed by atoms with van der Waals surface area (Å²) in [6.07, 6.45) is 9.41. The fourth-order valence-corrected chi connectivity index (χ4v) is 3.35. The van der Waals surface area contributed by atoms with E-state index in [9.17, 15) is 4.79 Å². The van der Waals surface area contributed by atoms with E-state index in [-0.39, 0.29) is 5.56 Å². The summed E-state index contributed by atoms with van der Waals surface area (Å²) in [6, 6.07) is 6.14. The minimum Gasteiger partial charge on any atom is -0.357 e. The molecule has 5 nitrogen and oxygen atoms in total. The van der Waals surface area contributed by atoms with Crippen molar-refractivity contribution in [3.63, 3.8) is 0 Å². The fraction of sp³-hybridized carbons (Fsp3) is 0.333. The topological polar surface area (TPSA) is 53.9 Å². The Bertz CT molecular complexity index is 886. The number of H-pyrrole nitrogens is 1. The summed E-state index contributed by atoms with van der Waals surface area (Å²) in [4.78, 5) is 22.2. The summed E-state index contributed by atoms with van der Waals surface area (Å²) in [5, 5.41) is 0.945. The average molecular weight is 308 g/mol. The van der Waals surface area contributed by atoms with E-state index in [1.807, 2.05) is 24.7 Å². The third-order valence-corrected chi connectivity index (χ3v) is 4.63. The predicted molar refractivity (Wildman–Crippen MR) is 92.8 cm³/mol. The van der Waals surface area contributed by atoms with E-state index in [1.165, 1.54) is 19.3 Å². The number of hydrogen-bond donors (Lipinski definition) is 1. The van der Waals surface area contributed by atoms with Gasteiger partial charge in [0.2, 0.25) is 0 Å². The maximum Gasteiger partial charge on any atom is 0.274 e. The molecule has 0 aliphatic carbocycles. The number of nitrogens with zero attached hydrogens (tertiary/aromatic N) is 3. The Kier molecular flexibility index (Phi) is 3.41. The van der Waals surface area contributed by atoms with Crippen LogP contribution in [0, 0.1) is 0 Å². The second-order valence-corrected chi connectivity index (χ2v) is 6.18. The molecule has 0 atom stereocenters. The number of piperidine rings is 1. The second kappa shape index (κ2) is 5.57. The number of anilines is 1. The van der Waals surface area contributed by atoms with Gasteiger partial charge in [0.25, 0.3) is 5.56 Å². The van der Waals surface area contributed by atoms with Crippen molar-refractivity contribution in [1.29, 1.82) is 0 Å². The van der Waals surface area contributed by atoms with Crippen LogP contribution in [-0.2, 0) is 7.05 Å². The highest BCUT2D eigenvalue weighted by Crippen LogP contribution is 2.27. The van der Waals surface area contributed by atoms with Crippen LogP contribution in [0.3, 0.4) is 0 Å². The van der Waals surface area contributed by atoms with Gasteiger partial charge in [0.05, 0.1) is 0 Å². The zero-order valence-electron chi connectivity index (χ0n) is 13.2. The molecule has 4 rings (SSSR count). The van der Waals surface area contributed by atoms with Crippen LogP contribution in [0.5, 0.6) is 0 Å². The zero-order chi connectivity index (χ0) is 15.8. The summed E-state index contributed by atoms with van der Waals surface area (Å²) in [5.41, 5.74) is 2.70. The minimum atomic E-state index is -0.00774. The molecule has 0 spiro atoms. The molecule has 1 saturated heterocycles. The molecule has 0 radical (unpaired) electrons. The largest absolute Gasteiger partial charge is 0.357 e. The molecule has 1 fully saturated rings. The van der Waals surface area contributed by atoms with E-state index in [2.05, 4.69) is 27.0 Å². The first-order chi connectivity index (χ1) is 11.2. The molecule has 0 saturated carbocycles. The van der Waals surface area contributed by atoms with Gasteiger partial charge in [0, 0.05) is 55.2 Å². The number of fused-ring (bicyclic) bond motifs is 1. The van der Waals surface area contributed by atoms with Crippen molar-refractivity contribution in [3.05, 3.63) is 47.1 Å². The van der Waals surface area contributed by atoms with Crippen molar-refractivity contribution in [3.8, 4) is 11.1 Å². The molecule has 0 bridgehead atoms. The molecule has 0 aromatic carbocycles. The van der Waals surface area contributed by atoms with Gasteiger partial charge in [-0.1, -0.05) is 0 Å². The van der Waals surface area contributed by atoms with Gasteiger partial charge in [-0.15, -0.1) is 0 Å².